The summed E-state index contributed by atoms with van der Waals surface area (Å²) in [6.45, 7) is 5.66. The van der Waals surface area contributed by atoms with E-state index in [-0.39, 0.29) is 0 Å². The Morgan fingerprint density at radius 1 is 1.18 bits per heavy atom. The van der Waals surface area contributed by atoms with Gasteiger partial charge in [-0.2, -0.15) is 0 Å². The van der Waals surface area contributed by atoms with Crippen LogP contribution in [0, 0.1) is 0 Å². The SMILES string of the molecule is Oc1ccccc1CN1CCN2CCCC2C1. The first-order valence-corrected chi connectivity index (χ1v) is 6.56. The summed E-state index contributed by atoms with van der Waals surface area (Å²) in [5.41, 5.74) is 1.05. The van der Waals surface area contributed by atoms with Crippen molar-refractivity contribution in [1.82, 2.24) is 9.80 Å². The Hall–Kier alpha value is -1.06. The van der Waals surface area contributed by atoms with E-state index in [1.165, 1.54) is 25.9 Å². The van der Waals surface area contributed by atoms with Crippen LogP contribution in [0.25, 0.3) is 0 Å². The third kappa shape index (κ3) is 2.31. The molecule has 1 atom stereocenters. The number of phenolic OH excluding ortho intramolecular Hbond substituents is 1. The number of hydrogen-bond acceptors (Lipinski definition) is 3. The second-order valence-corrected chi connectivity index (χ2v) is 5.20. The van der Waals surface area contributed by atoms with Gasteiger partial charge in [0.15, 0.2) is 0 Å². The lowest BCUT2D eigenvalue weighted by Gasteiger charge is -2.37. The monoisotopic (exact) mass is 232 g/mol. The predicted molar refractivity (Wildman–Crippen MR) is 68.0 cm³/mol. The quantitative estimate of drug-likeness (QED) is 0.840. The Bertz CT molecular complexity index is 394. The van der Waals surface area contributed by atoms with Crippen molar-refractivity contribution in [1.29, 1.82) is 0 Å². The van der Waals surface area contributed by atoms with Crippen LogP contribution >= 0.6 is 0 Å². The molecule has 3 nitrogen and oxygen atoms in total. The van der Waals surface area contributed by atoms with Crippen LogP contribution in [-0.4, -0.2) is 47.1 Å². The van der Waals surface area contributed by atoms with E-state index in [1.807, 2.05) is 18.2 Å². The summed E-state index contributed by atoms with van der Waals surface area (Å²) in [6.07, 6.45) is 2.70. The molecular weight excluding hydrogens is 212 g/mol. The summed E-state index contributed by atoms with van der Waals surface area (Å²) in [4.78, 5) is 5.09. The summed E-state index contributed by atoms with van der Waals surface area (Å²) >= 11 is 0. The average Bonchev–Trinajstić information content (AvgIpc) is 2.79. The predicted octanol–water partition coefficient (Wildman–Crippen LogP) is 1.67. The largest absolute Gasteiger partial charge is 0.508 e. The zero-order valence-corrected chi connectivity index (χ0v) is 10.2. The third-order valence-electron chi connectivity index (χ3n) is 4.06. The van der Waals surface area contributed by atoms with Crippen molar-refractivity contribution < 1.29 is 5.11 Å². The van der Waals surface area contributed by atoms with Gasteiger partial charge in [0.05, 0.1) is 0 Å². The van der Waals surface area contributed by atoms with E-state index < -0.39 is 0 Å². The molecule has 1 aromatic carbocycles. The van der Waals surface area contributed by atoms with Crippen LogP contribution in [-0.2, 0) is 6.54 Å². The van der Waals surface area contributed by atoms with Crippen molar-refractivity contribution in [2.24, 2.45) is 0 Å². The number of aromatic hydroxyl groups is 1. The van der Waals surface area contributed by atoms with Gasteiger partial charge in [0, 0.05) is 37.8 Å². The Morgan fingerprint density at radius 3 is 2.94 bits per heavy atom. The molecule has 2 heterocycles. The van der Waals surface area contributed by atoms with Gasteiger partial charge in [0.25, 0.3) is 0 Å². The fraction of sp³-hybridized carbons (Fsp3) is 0.571. The lowest BCUT2D eigenvalue weighted by molar-refractivity contribution is 0.0988. The van der Waals surface area contributed by atoms with Crippen LogP contribution in [0.3, 0.4) is 0 Å². The van der Waals surface area contributed by atoms with Crippen LogP contribution in [0.2, 0.25) is 0 Å². The number of hydrogen-bond donors (Lipinski definition) is 1. The maximum absolute atomic E-state index is 9.79. The van der Waals surface area contributed by atoms with Gasteiger partial charge < -0.3 is 5.11 Å². The maximum Gasteiger partial charge on any atom is 0.120 e. The fourth-order valence-electron chi connectivity index (χ4n) is 3.08. The molecule has 0 aliphatic carbocycles. The van der Waals surface area contributed by atoms with Gasteiger partial charge in [-0.05, 0) is 25.5 Å². The minimum absolute atomic E-state index is 0.432. The molecule has 0 saturated carbocycles. The number of fused-ring (bicyclic) bond motifs is 1. The second kappa shape index (κ2) is 4.67. The number of para-hydroxylation sites is 1. The molecule has 0 spiro atoms. The summed E-state index contributed by atoms with van der Waals surface area (Å²) < 4.78 is 0. The van der Waals surface area contributed by atoms with Gasteiger partial charge in [0.1, 0.15) is 5.75 Å². The van der Waals surface area contributed by atoms with Crippen molar-refractivity contribution in [2.45, 2.75) is 25.4 Å². The van der Waals surface area contributed by atoms with Crippen molar-refractivity contribution in [3.63, 3.8) is 0 Å². The molecule has 17 heavy (non-hydrogen) atoms. The van der Waals surface area contributed by atoms with E-state index in [0.29, 0.717) is 5.75 Å². The Kier molecular flexibility index (Phi) is 3.04. The number of nitrogens with zero attached hydrogens (tertiary/aromatic N) is 2. The molecule has 3 heteroatoms. The Balaban J connectivity index is 1.64. The highest BCUT2D eigenvalue weighted by Gasteiger charge is 2.30. The zero-order valence-electron chi connectivity index (χ0n) is 10.2. The molecule has 2 fully saturated rings. The van der Waals surface area contributed by atoms with Crippen LogP contribution in [0.1, 0.15) is 18.4 Å². The Morgan fingerprint density at radius 2 is 2.06 bits per heavy atom. The first-order chi connectivity index (χ1) is 8.33. The maximum atomic E-state index is 9.79. The van der Waals surface area contributed by atoms with Gasteiger partial charge in [-0.1, -0.05) is 18.2 Å². The molecule has 2 aliphatic heterocycles. The van der Waals surface area contributed by atoms with Gasteiger partial charge >= 0.3 is 0 Å². The first-order valence-electron chi connectivity index (χ1n) is 6.56. The molecule has 0 aromatic heterocycles. The van der Waals surface area contributed by atoms with Crippen LogP contribution in [0.5, 0.6) is 5.75 Å². The molecular formula is C14H20N2O. The molecule has 0 radical (unpaired) electrons. The zero-order chi connectivity index (χ0) is 11.7. The minimum Gasteiger partial charge on any atom is -0.508 e. The summed E-state index contributed by atoms with van der Waals surface area (Å²) in [7, 11) is 0. The molecule has 92 valence electrons. The van der Waals surface area contributed by atoms with Crippen LogP contribution < -0.4 is 0 Å². The highest BCUT2D eigenvalue weighted by atomic mass is 16.3. The molecule has 2 saturated heterocycles. The number of benzene rings is 1. The van der Waals surface area contributed by atoms with Gasteiger partial charge in [-0.15, -0.1) is 0 Å². The van der Waals surface area contributed by atoms with Gasteiger partial charge in [-0.25, -0.2) is 0 Å². The number of phenols is 1. The molecule has 3 rings (SSSR count). The van der Waals surface area contributed by atoms with Crippen molar-refractivity contribution in [2.75, 3.05) is 26.2 Å². The van der Waals surface area contributed by atoms with E-state index in [9.17, 15) is 5.11 Å². The van der Waals surface area contributed by atoms with Crippen molar-refractivity contribution >= 4 is 0 Å². The molecule has 1 unspecified atom stereocenters. The number of rotatable bonds is 2. The highest BCUT2D eigenvalue weighted by Crippen LogP contribution is 2.24. The average molecular weight is 232 g/mol. The smallest absolute Gasteiger partial charge is 0.120 e. The standard InChI is InChI=1S/C14H20N2O/c17-14-6-2-1-4-12(14)10-15-8-9-16-7-3-5-13(16)11-15/h1-2,4,6,13,17H,3,5,7-11H2. The van der Waals surface area contributed by atoms with E-state index in [2.05, 4.69) is 9.80 Å². The van der Waals surface area contributed by atoms with Crippen LogP contribution in [0.4, 0.5) is 0 Å². The second-order valence-electron chi connectivity index (χ2n) is 5.20. The third-order valence-corrected chi connectivity index (χ3v) is 4.06. The van der Waals surface area contributed by atoms with E-state index in [4.69, 9.17) is 0 Å². The lowest BCUT2D eigenvalue weighted by Crippen LogP contribution is -2.49. The molecule has 0 amide bonds. The molecule has 0 bridgehead atoms. The first kappa shape index (κ1) is 11.1. The molecule has 1 aromatic rings. The minimum atomic E-state index is 0.432. The summed E-state index contributed by atoms with van der Waals surface area (Å²) in [5.74, 6) is 0.432. The highest BCUT2D eigenvalue weighted by molar-refractivity contribution is 5.31. The van der Waals surface area contributed by atoms with Crippen molar-refractivity contribution in [3.8, 4) is 5.75 Å². The summed E-state index contributed by atoms with van der Waals surface area (Å²) in [5, 5.41) is 9.79. The lowest BCUT2D eigenvalue weighted by atomic mass is 10.1. The van der Waals surface area contributed by atoms with Gasteiger partial charge in [0.2, 0.25) is 0 Å². The van der Waals surface area contributed by atoms with Gasteiger partial charge in [-0.3, -0.25) is 9.80 Å². The molecule has 1 N–H and O–H groups in total. The van der Waals surface area contributed by atoms with E-state index in [1.54, 1.807) is 6.07 Å². The number of piperazine rings is 1. The molecule has 2 aliphatic rings. The Labute approximate surface area is 103 Å². The van der Waals surface area contributed by atoms with E-state index >= 15 is 0 Å². The summed E-state index contributed by atoms with van der Waals surface area (Å²) in [6, 6.07) is 8.45. The fourth-order valence-corrected chi connectivity index (χ4v) is 3.08. The topological polar surface area (TPSA) is 26.7 Å². The normalized spacial score (nSPS) is 26.0. The van der Waals surface area contributed by atoms with Crippen molar-refractivity contribution in [3.05, 3.63) is 29.8 Å². The van der Waals surface area contributed by atoms with E-state index in [0.717, 1.165) is 31.2 Å². The van der Waals surface area contributed by atoms with Crippen LogP contribution in [0.15, 0.2) is 24.3 Å².